The lowest BCUT2D eigenvalue weighted by atomic mass is 9.87. The van der Waals surface area contributed by atoms with Crippen molar-refractivity contribution in [2.75, 3.05) is 13.2 Å². The first-order chi connectivity index (χ1) is 17.6. The fraction of sp³-hybridized carbons (Fsp3) is 0.241. The lowest BCUT2D eigenvalue weighted by Crippen LogP contribution is -2.27. The van der Waals surface area contributed by atoms with E-state index in [9.17, 15) is 9.59 Å². The first-order valence-corrected chi connectivity index (χ1v) is 13.7. The monoisotopic (exact) mass is 599 g/mol. The number of carbonyl (C=O) groups excluding carboxylic acids is 2. The highest BCUT2D eigenvalue weighted by Crippen LogP contribution is 2.35. The maximum Gasteiger partial charge on any atom is 0.293 e. The maximum absolute atomic E-state index is 13.0. The Hall–Kier alpha value is -2.74. The largest absolute Gasteiger partial charge is 0.490 e. The topological polar surface area (TPSA) is 55.8 Å². The Morgan fingerprint density at radius 1 is 0.946 bits per heavy atom. The highest BCUT2D eigenvalue weighted by Gasteiger charge is 2.35. The standard InChI is InChI=1S/C29H27BrClNO4S/c1-29(2,3)21-7-12-24(13-8-21)35-14-15-36-25-17-22(30)9-6-20(25)16-26-27(33)32(28(34)37-26)18-19-4-10-23(31)11-5-19/h4-13,16-17H,14-15,18H2,1-3H3/b26-16-. The highest BCUT2D eigenvalue weighted by atomic mass is 79.9. The summed E-state index contributed by atoms with van der Waals surface area (Å²) in [4.78, 5) is 27.1. The molecule has 0 spiro atoms. The van der Waals surface area contributed by atoms with Gasteiger partial charge in [-0.15, -0.1) is 0 Å². The molecule has 0 atom stereocenters. The Morgan fingerprint density at radius 2 is 1.62 bits per heavy atom. The van der Waals surface area contributed by atoms with Crippen LogP contribution in [-0.4, -0.2) is 29.3 Å². The smallest absolute Gasteiger partial charge is 0.293 e. The predicted molar refractivity (Wildman–Crippen MR) is 153 cm³/mol. The van der Waals surface area contributed by atoms with Gasteiger partial charge in [-0.1, -0.05) is 78.6 Å². The molecule has 192 valence electrons. The van der Waals surface area contributed by atoms with Crippen LogP contribution < -0.4 is 9.47 Å². The first-order valence-electron chi connectivity index (χ1n) is 11.8. The summed E-state index contributed by atoms with van der Waals surface area (Å²) < 4.78 is 12.7. The van der Waals surface area contributed by atoms with Crippen LogP contribution in [0.5, 0.6) is 11.5 Å². The van der Waals surface area contributed by atoms with Crippen LogP contribution in [0.4, 0.5) is 4.79 Å². The molecule has 37 heavy (non-hydrogen) atoms. The van der Waals surface area contributed by atoms with Gasteiger partial charge in [-0.2, -0.15) is 0 Å². The summed E-state index contributed by atoms with van der Waals surface area (Å²) in [5.41, 5.74) is 2.86. The van der Waals surface area contributed by atoms with Crippen molar-refractivity contribution in [1.29, 1.82) is 0 Å². The number of imide groups is 1. The number of hydrogen-bond donors (Lipinski definition) is 0. The Labute approximate surface area is 234 Å². The summed E-state index contributed by atoms with van der Waals surface area (Å²) in [6, 6.07) is 20.7. The van der Waals surface area contributed by atoms with Gasteiger partial charge in [-0.25, -0.2) is 0 Å². The van der Waals surface area contributed by atoms with Gasteiger partial charge in [0.05, 0.1) is 11.4 Å². The molecule has 0 aromatic heterocycles. The van der Waals surface area contributed by atoms with Gasteiger partial charge >= 0.3 is 0 Å². The van der Waals surface area contributed by atoms with Crippen LogP contribution in [0.15, 0.2) is 76.1 Å². The number of amides is 2. The molecule has 0 N–H and O–H groups in total. The number of carbonyl (C=O) groups is 2. The number of nitrogens with zero attached hydrogens (tertiary/aromatic N) is 1. The zero-order valence-electron chi connectivity index (χ0n) is 20.8. The van der Waals surface area contributed by atoms with Crippen LogP contribution >= 0.6 is 39.3 Å². The van der Waals surface area contributed by atoms with E-state index in [1.165, 1.54) is 10.5 Å². The summed E-state index contributed by atoms with van der Waals surface area (Å²) in [7, 11) is 0. The minimum Gasteiger partial charge on any atom is -0.490 e. The fourth-order valence-corrected chi connectivity index (χ4v) is 4.96. The Kier molecular flexibility index (Phi) is 8.67. The van der Waals surface area contributed by atoms with Crippen molar-refractivity contribution >= 4 is 56.5 Å². The molecule has 0 radical (unpaired) electrons. The number of rotatable bonds is 8. The second-order valence-corrected chi connectivity index (χ2v) is 11.9. The lowest BCUT2D eigenvalue weighted by Gasteiger charge is -2.19. The molecule has 3 aromatic carbocycles. The maximum atomic E-state index is 13.0. The van der Waals surface area contributed by atoms with Crippen molar-refractivity contribution in [2.24, 2.45) is 0 Å². The molecular weight excluding hydrogens is 574 g/mol. The van der Waals surface area contributed by atoms with Crippen molar-refractivity contribution in [1.82, 2.24) is 4.90 Å². The molecule has 5 nitrogen and oxygen atoms in total. The van der Waals surface area contributed by atoms with Crippen LogP contribution in [0, 0.1) is 0 Å². The lowest BCUT2D eigenvalue weighted by molar-refractivity contribution is -0.123. The van der Waals surface area contributed by atoms with E-state index in [1.54, 1.807) is 30.3 Å². The van der Waals surface area contributed by atoms with Crippen molar-refractivity contribution < 1.29 is 19.1 Å². The van der Waals surface area contributed by atoms with E-state index in [0.29, 0.717) is 34.5 Å². The van der Waals surface area contributed by atoms with Gasteiger partial charge in [0.25, 0.3) is 11.1 Å². The van der Waals surface area contributed by atoms with Crippen LogP contribution in [0.3, 0.4) is 0 Å². The fourth-order valence-electron chi connectivity index (χ4n) is 3.66. The number of thioether (sulfide) groups is 1. The van der Waals surface area contributed by atoms with Gasteiger partial charge in [0.2, 0.25) is 0 Å². The summed E-state index contributed by atoms with van der Waals surface area (Å²) in [6.07, 6.45) is 1.70. The second kappa shape index (κ2) is 11.8. The van der Waals surface area contributed by atoms with E-state index in [1.807, 2.05) is 30.3 Å². The van der Waals surface area contributed by atoms with E-state index < -0.39 is 0 Å². The van der Waals surface area contributed by atoms with E-state index in [4.69, 9.17) is 21.1 Å². The number of ether oxygens (including phenoxy) is 2. The minimum absolute atomic E-state index is 0.0870. The molecule has 0 unspecified atom stereocenters. The third kappa shape index (κ3) is 7.18. The van der Waals surface area contributed by atoms with Gasteiger partial charge < -0.3 is 9.47 Å². The molecular formula is C29H27BrClNO4S. The van der Waals surface area contributed by atoms with Crippen molar-refractivity contribution in [2.45, 2.75) is 32.7 Å². The van der Waals surface area contributed by atoms with Crippen molar-refractivity contribution in [3.63, 3.8) is 0 Å². The molecule has 1 heterocycles. The van der Waals surface area contributed by atoms with Crippen molar-refractivity contribution in [3.05, 3.63) is 97.8 Å². The van der Waals surface area contributed by atoms with Crippen LogP contribution in [-0.2, 0) is 16.8 Å². The van der Waals surface area contributed by atoms with E-state index in [0.717, 1.165) is 27.5 Å². The molecule has 8 heteroatoms. The number of benzene rings is 3. The average molecular weight is 601 g/mol. The van der Waals surface area contributed by atoms with E-state index in [-0.39, 0.29) is 23.1 Å². The number of hydrogen-bond acceptors (Lipinski definition) is 5. The third-order valence-electron chi connectivity index (χ3n) is 5.72. The Morgan fingerprint density at radius 3 is 2.30 bits per heavy atom. The number of halogens is 2. The first kappa shape index (κ1) is 27.3. The van der Waals surface area contributed by atoms with Crippen LogP contribution in [0.1, 0.15) is 37.5 Å². The molecule has 2 amide bonds. The zero-order chi connectivity index (χ0) is 26.6. The molecule has 4 rings (SSSR count). The van der Waals surface area contributed by atoms with Gasteiger partial charge in [0.15, 0.2) is 0 Å². The van der Waals surface area contributed by atoms with E-state index >= 15 is 0 Å². The SMILES string of the molecule is CC(C)(C)c1ccc(OCCOc2cc(Br)ccc2/C=C2\SC(=O)N(Cc3ccc(Cl)cc3)C2=O)cc1. The van der Waals surface area contributed by atoms with Gasteiger partial charge in [0.1, 0.15) is 24.7 Å². The van der Waals surface area contributed by atoms with Crippen LogP contribution in [0.2, 0.25) is 5.02 Å². The summed E-state index contributed by atoms with van der Waals surface area (Å²) in [5, 5.41) is 0.293. The Balaban J connectivity index is 1.40. The molecule has 0 bridgehead atoms. The molecule has 1 aliphatic rings. The third-order valence-corrected chi connectivity index (χ3v) is 7.37. The summed E-state index contributed by atoms with van der Waals surface area (Å²) >= 11 is 10.3. The predicted octanol–water partition coefficient (Wildman–Crippen LogP) is 8.09. The summed E-state index contributed by atoms with van der Waals surface area (Å²) in [6.45, 7) is 7.39. The Bertz CT molecular complexity index is 1320. The molecule has 3 aromatic rings. The van der Waals surface area contributed by atoms with Crippen molar-refractivity contribution in [3.8, 4) is 11.5 Å². The highest BCUT2D eigenvalue weighted by molar-refractivity contribution is 9.10. The molecule has 0 aliphatic carbocycles. The molecule has 0 saturated carbocycles. The second-order valence-electron chi connectivity index (χ2n) is 9.55. The quantitative estimate of drug-likeness (QED) is 0.193. The average Bonchev–Trinajstić information content (AvgIpc) is 3.11. The van der Waals surface area contributed by atoms with Gasteiger partial charge in [-0.05, 0) is 70.8 Å². The van der Waals surface area contributed by atoms with Gasteiger partial charge in [0, 0.05) is 15.1 Å². The molecule has 1 fully saturated rings. The van der Waals surface area contributed by atoms with Crippen LogP contribution in [0.25, 0.3) is 6.08 Å². The van der Waals surface area contributed by atoms with Gasteiger partial charge in [-0.3, -0.25) is 14.5 Å². The summed E-state index contributed by atoms with van der Waals surface area (Å²) in [5.74, 6) is 1.03. The minimum atomic E-state index is -0.333. The zero-order valence-corrected chi connectivity index (χ0v) is 24.0. The molecule has 1 saturated heterocycles. The normalized spacial score (nSPS) is 14.9. The van der Waals surface area contributed by atoms with E-state index in [2.05, 4.69) is 48.8 Å². The molecule has 1 aliphatic heterocycles.